The standard InChI is InChI=1S/C20H16BrClN2O/c21-15-9-5-14(6-10-15)20(25)24-19(13-7-11-16(22)12-8-13)17-3-1-2-4-18(17)23-24/h5-12H,1-4H2. The molecule has 3 nitrogen and oxygen atoms in total. The Labute approximate surface area is 159 Å². The van der Waals surface area contributed by atoms with Gasteiger partial charge in [-0.3, -0.25) is 4.79 Å². The average molecular weight is 416 g/mol. The highest BCUT2D eigenvalue weighted by Gasteiger charge is 2.25. The molecule has 2 aromatic carbocycles. The Bertz CT molecular complexity index is 930. The first-order valence-electron chi connectivity index (χ1n) is 8.30. The van der Waals surface area contributed by atoms with Crippen LogP contribution in [0, 0.1) is 0 Å². The Hall–Kier alpha value is -1.91. The molecule has 0 amide bonds. The van der Waals surface area contributed by atoms with Crippen molar-refractivity contribution in [1.82, 2.24) is 9.78 Å². The molecular weight excluding hydrogens is 400 g/mol. The summed E-state index contributed by atoms with van der Waals surface area (Å²) < 4.78 is 2.52. The van der Waals surface area contributed by atoms with Gasteiger partial charge in [-0.25, -0.2) is 0 Å². The summed E-state index contributed by atoms with van der Waals surface area (Å²) in [7, 11) is 0. The third-order valence-corrected chi connectivity index (χ3v) is 5.34. The summed E-state index contributed by atoms with van der Waals surface area (Å²) in [4.78, 5) is 13.1. The minimum absolute atomic E-state index is 0.105. The number of carbonyl (C=O) groups is 1. The van der Waals surface area contributed by atoms with Crippen molar-refractivity contribution >= 4 is 33.4 Å². The number of nitrogens with zero attached hydrogens (tertiary/aromatic N) is 2. The SMILES string of the molecule is O=C(c1ccc(Br)cc1)n1nc2c(c1-c1ccc(Cl)cc1)CCCC2. The van der Waals surface area contributed by atoms with Gasteiger partial charge in [-0.2, -0.15) is 9.78 Å². The van der Waals surface area contributed by atoms with E-state index in [4.69, 9.17) is 11.6 Å². The maximum Gasteiger partial charge on any atom is 0.278 e. The third-order valence-electron chi connectivity index (χ3n) is 4.56. The second-order valence-electron chi connectivity index (χ2n) is 6.21. The predicted octanol–water partition coefficient (Wildman–Crippen LogP) is 5.53. The van der Waals surface area contributed by atoms with Crippen LogP contribution in [0.15, 0.2) is 53.0 Å². The van der Waals surface area contributed by atoms with E-state index < -0.39 is 0 Å². The minimum atomic E-state index is -0.105. The Morgan fingerprint density at radius 2 is 1.68 bits per heavy atom. The molecule has 3 aromatic rings. The molecule has 0 bridgehead atoms. The van der Waals surface area contributed by atoms with E-state index in [2.05, 4.69) is 21.0 Å². The van der Waals surface area contributed by atoms with Crippen molar-refractivity contribution < 1.29 is 4.79 Å². The monoisotopic (exact) mass is 414 g/mol. The molecule has 25 heavy (non-hydrogen) atoms. The van der Waals surface area contributed by atoms with E-state index in [9.17, 15) is 4.79 Å². The fraction of sp³-hybridized carbons (Fsp3) is 0.200. The van der Waals surface area contributed by atoms with E-state index >= 15 is 0 Å². The van der Waals surface area contributed by atoms with Crippen LogP contribution in [0.2, 0.25) is 5.02 Å². The van der Waals surface area contributed by atoms with E-state index in [1.165, 1.54) is 5.56 Å². The van der Waals surface area contributed by atoms with Gasteiger partial charge in [0.2, 0.25) is 0 Å². The topological polar surface area (TPSA) is 34.9 Å². The minimum Gasteiger partial charge on any atom is -0.267 e. The number of aromatic nitrogens is 2. The van der Waals surface area contributed by atoms with Gasteiger partial charge >= 0.3 is 0 Å². The Morgan fingerprint density at radius 3 is 2.40 bits per heavy atom. The van der Waals surface area contributed by atoms with Crippen molar-refractivity contribution in [2.45, 2.75) is 25.7 Å². The van der Waals surface area contributed by atoms with Gasteiger partial charge in [0, 0.05) is 26.2 Å². The summed E-state index contributed by atoms with van der Waals surface area (Å²) in [6.07, 6.45) is 4.14. The number of halogens is 2. The molecule has 5 heteroatoms. The summed E-state index contributed by atoms with van der Waals surface area (Å²) in [5.74, 6) is -0.105. The van der Waals surface area contributed by atoms with Crippen LogP contribution < -0.4 is 0 Å². The second kappa shape index (κ2) is 6.77. The number of carbonyl (C=O) groups excluding carboxylic acids is 1. The van der Waals surface area contributed by atoms with Crippen LogP contribution >= 0.6 is 27.5 Å². The lowest BCUT2D eigenvalue weighted by Gasteiger charge is -2.12. The van der Waals surface area contributed by atoms with E-state index in [0.717, 1.165) is 47.1 Å². The van der Waals surface area contributed by atoms with Crippen molar-refractivity contribution in [3.05, 3.63) is 74.8 Å². The molecule has 0 saturated carbocycles. The van der Waals surface area contributed by atoms with Gasteiger partial charge in [0.05, 0.1) is 11.4 Å². The third kappa shape index (κ3) is 3.16. The van der Waals surface area contributed by atoms with Crippen molar-refractivity contribution in [1.29, 1.82) is 0 Å². The molecule has 0 fully saturated rings. The molecular formula is C20H16BrClN2O. The molecule has 0 atom stereocenters. The van der Waals surface area contributed by atoms with Crippen LogP contribution in [0.3, 0.4) is 0 Å². The maximum absolute atomic E-state index is 13.1. The smallest absolute Gasteiger partial charge is 0.267 e. The number of hydrogen-bond donors (Lipinski definition) is 0. The van der Waals surface area contributed by atoms with Crippen LogP contribution in [-0.2, 0) is 12.8 Å². The lowest BCUT2D eigenvalue weighted by molar-refractivity contribution is 0.0946. The van der Waals surface area contributed by atoms with Gasteiger partial charge in [-0.1, -0.05) is 39.7 Å². The number of benzene rings is 2. The largest absolute Gasteiger partial charge is 0.278 e. The molecule has 126 valence electrons. The van der Waals surface area contributed by atoms with Gasteiger partial charge in [-0.05, 0) is 62.1 Å². The van der Waals surface area contributed by atoms with Gasteiger partial charge in [0.15, 0.2) is 0 Å². The molecule has 1 aliphatic rings. The summed E-state index contributed by atoms with van der Waals surface area (Å²) in [6, 6.07) is 15.0. The van der Waals surface area contributed by atoms with Crippen LogP contribution in [0.25, 0.3) is 11.3 Å². The lowest BCUT2D eigenvalue weighted by atomic mass is 9.93. The first kappa shape index (κ1) is 16.6. The van der Waals surface area contributed by atoms with Crippen LogP contribution in [-0.4, -0.2) is 15.7 Å². The molecule has 0 radical (unpaired) electrons. The van der Waals surface area contributed by atoms with Crippen molar-refractivity contribution in [2.24, 2.45) is 0 Å². The zero-order chi connectivity index (χ0) is 17.4. The van der Waals surface area contributed by atoms with Gasteiger partial charge in [-0.15, -0.1) is 0 Å². The molecule has 0 spiro atoms. The molecule has 1 heterocycles. The summed E-state index contributed by atoms with van der Waals surface area (Å²) in [5.41, 5.74) is 4.74. The zero-order valence-corrected chi connectivity index (χ0v) is 15.8. The summed E-state index contributed by atoms with van der Waals surface area (Å²) in [5, 5.41) is 5.35. The molecule has 1 aromatic heterocycles. The first-order valence-corrected chi connectivity index (χ1v) is 9.47. The molecule has 1 aliphatic carbocycles. The van der Waals surface area contributed by atoms with E-state index in [1.807, 2.05) is 48.5 Å². The van der Waals surface area contributed by atoms with Crippen LogP contribution in [0.1, 0.15) is 34.5 Å². The van der Waals surface area contributed by atoms with Crippen LogP contribution in [0.5, 0.6) is 0 Å². The van der Waals surface area contributed by atoms with Crippen molar-refractivity contribution in [2.75, 3.05) is 0 Å². The van der Waals surface area contributed by atoms with Crippen molar-refractivity contribution in [3.8, 4) is 11.3 Å². The molecule has 0 N–H and O–H groups in total. The van der Waals surface area contributed by atoms with Gasteiger partial charge in [0.1, 0.15) is 0 Å². The Balaban J connectivity index is 1.86. The molecule has 0 aliphatic heterocycles. The van der Waals surface area contributed by atoms with E-state index in [-0.39, 0.29) is 5.91 Å². The number of rotatable bonds is 2. The number of fused-ring (bicyclic) bond motifs is 1. The van der Waals surface area contributed by atoms with Gasteiger partial charge in [0.25, 0.3) is 5.91 Å². The second-order valence-corrected chi connectivity index (χ2v) is 7.56. The lowest BCUT2D eigenvalue weighted by Crippen LogP contribution is -2.15. The molecule has 0 saturated heterocycles. The first-order chi connectivity index (χ1) is 12.1. The highest BCUT2D eigenvalue weighted by Crippen LogP contribution is 2.33. The van der Waals surface area contributed by atoms with Gasteiger partial charge < -0.3 is 0 Å². The predicted molar refractivity (Wildman–Crippen MR) is 103 cm³/mol. The zero-order valence-electron chi connectivity index (χ0n) is 13.5. The molecule has 0 unspecified atom stereocenters. The van der Waals surface area contributed by atoms with Crippen LogP contribution in [0.4, 0.5) is 0 Å². The highest BCUT2D eigenvalue weighted by atomic mass is 79.9. The number of hydrogen-bond acceptors (Lipinski definition) is 2. The summed E-state index contributed by atoms with van der Waals surface area (Å²) >= 11 is 9.44. The Morgan fingerprint density at radius 1 is 1.00 bits per heavy atom. The fourth-order valence-corrected chi connectivity index (χ4v) is 3.71. The maximum atomic E-state index is 13.1. The normalized spacial score (nSPS) is 13.5. The van der Waals surface area contributed by atoms with Crippen molar-refractivity contribution in [3.63, 3.8) is 0 Å². The Kier molecular flexibility index (Phi) is 4.48. The van der Waals surface area contributed by atoms with E-state index in [1.54, 1.807) is 4.68 Å². The number of aryl methyl sites for hydroxylation is 1. The average Bonchev–Trinajstić information content (AvgIpc) is 3.02. The fourth-order valence-electron chi connectivity index (χ4n) is 3.32. The quantitative estimate of drug-likeness (QED) is 0.551. The summed E-state index contributed by atoms with van der Waals surface area (Å²) in [6.45, 7) is 0. The van der Waals surface area contributed by atoms with E-state index in [0.29, 0.717) is 10.6 Å². The highest BCUT2D eigenvalue weighted by molar-refractivity contribution is 9.10. The molecule has 4 rings (SSSR count).